The average molecular weight is 1610 g/mol. The van der Waals surface area contributed by atoms with Crippen molar-refractivity contribution in [3.63, 3.8) is 0 Å². The Morgan fingerprint density at radius 2 is 0.403 bits per heavy atom. The second-order valence-electron chi connectivity index (χ2n) is 36.7. The van der Waals surface area contributed by atoms with Gasteiger partial charge < -0.3 is 9.80 Å². The molecular formula is C120H99BN2Si. The van der Waals surface area contributed by atoms with E-state index in [0.717, 1.165) is 123 Å². The van der Waals surface area contributed by atoms with E-state index in [1.165, 1.54) is 76.1 Å². The van der Waals surface area contributed by atoms with Crippen LogP contribution < -0.4 is 46.9 Å². The van der Waals surface area contributed by atoms with E-state index in [1.807, 2.05) is 0 Å². The van der Waals surface area contributed by atoms with Crippen molar-refractivity contribution in [3.05, 3.63) is 453 Å². The first kappa shape index (κ1) is 78.4. The van der Waals surface area contributed by atoms with Crippen molar-refractivity contribution >= 4 is 86.0 Å². The monoisotopic (exact) mass is 1610 g/mol. The summed E-state index contributed by atoms with van der Waals surface area (Å²) in [6, 6.07) is 166. The Hall–Kier alpha value is -14.2. The molecule has 0 saturated heterocycles. The topological polar surface area (TPSA) is 6.48 Å². The van der Waals surface area contributed by atoms with Crippen molar-refractivity contribution in [3.8, 4) is 111 Å². The molecule has 18 aromatic carbocycles. The molecule has 20 rings (SSSR count). The summed E-state index contributed by atoms with van der Waals surface area (Å²) < 4.78 is 0. The van der Waals surface area contributed by atoms with Gasteiger partial charge in [-0.1, -0.05) is 426 Å². The molecule has 124 heavy (non-hydrogen) atoms. The Labute approximate surface area is 733 Å². The van der Waals surface area contributed by atoms with E-state index in [9.17, 15) is 0 Å². The zero-order valence-electron chi connectivity index (χ0n) is 72.0. The zero-order valence-corrected chi connectivity index (χ0v) is 73.0. The lowest BCUT2D eigenvalue weighted by molar-refractivity contribution is 0.590. The number of hydrogen-bond donors (Lipinski definition) is 0. The van der Waals surface area contributed by atoms with Gasteiger partial charge in [-0.15, -0.1) is 0 Å². The minimum Gasteiger partial charge on any atom is -0.310 e. The molecule has 0 aliphatic carbocycles. The molecule has 0 amide bonds. The molecule has 0 saturated carbocycles. The first-order chi connectivity index (χ1) is 60.4. The van der Waals surface area contributed by atoms with Crippen LogP contribution in [0.1, 0.15) is 79.0 Å². The lowest BCUT2D eigenvalue weighted by Crippen LogP contribution is -2.74. The fourth-order valence-electron chi connectivity index (χ4n) is 19.4. The smallest absolute Gasteiger partial charge is 0.252 e. The van der Waals surface area contributed by atoms with Gasteiger partial charge in [-0.05, 0) is 232 Å². The molecule has 0 atom stereocenters. The lowest BCUT2D eigenvalue weighted by Gasteiger charge is -2.47. The normalized spacial score (nSPS) is 12.5. The molecule has 0 unspecified atom stereocenters. The average Bonchev–Trinajstić information content (AvgIpc) is 0.680. The van der Waals surface area contributed by atoms with E-state index >= 15 is 0 Å². The van der Waals surface area contributed by atoms with Crippen LogP contribution >= 0.6 is 0 Å². The Kier molecular flexibility index (Phi) is 20.2. The van der Waals surface area contributed by atoms with Crippen molar-refractivity contribution in [1.82, 2.24) is 0 Å². The molecule has 596 valence electrons. The molecule has 4 heteroatoms. The predicted octanol–water partition coefficient (Wildman–Crippen LogP) is 27.7. The maximum atomic E-state index is 2.76. The van der Waals surface area contributed by atoms with Crippen LogP contribution in [0.4, 0.5) is 34.1 Å². The molecule has 2 heterocycles. The Morgan fingerprint density at radius 1 is 0.185 bits per heavy atom. The van der Waals surface area contributed by atoms with E-state index < -0.39 is 8.07 Å². The van der Waals surface area contributed by atoms with E-state index in [4.69, 9.17) is 0 Å². The van der Waals surface area contributed by atoms with Gasteiger partial charge in [0.2, 0.25) is 0 Å². The molecule has 18 aromatic rings. The molecule has 2 aliphatic rings. The highest BCUT2D eigenvalue weighted by Crippen LogP contribution is 2.56. The van der Waals surface area contributed by atoms with Crippen molar-refractivity contribution < 1.29 is 0 Å². The number of rotatable bonds is 16. The highest BCUT2D eigenvalue weighted by molar-refractivity contribution is 7.20. The van der Waals surface area contributed by atoms with Crippen molar-refractivity contribution in [2.24, 2.45) is 0 Å². The Morgan fingerprint density at radius 3 is 0.677 bits per heavy atom. The van der Waals surface area contributed by atoms with Gasteiger partial charge in [0, 0.05) is 45.0 Å². The predicted molar refractivity (Wildman–Crippen MR) is 535 cm³/mol. The summed E-state index contributed by atoms with van der Waals surface area (Å²) in [6.45, 7) is 21.2. The van der Waals surface area contributed by atoms with E-state index in [0.29, 0.717) is 0 Å². The summed E-state index contributed by atoms with van der Waals surface area (Å²) in [5.74, 6) is 0. The second-order valence-corrected chi connectivity index (χ2v) is 40.6. The summed E-state index contributed by atoms with van der Waals surface area (Å²) in [5.41, 5.74) is 36.2. The van der Waals surface area contributed by atoms with Gasteiger partial charge in [0.15, 0.2) is 8.07 Å². The van der Waals surface area contributed by atoms with Crippen molar-refractivity contribution in [1.29, 1.82) is 0 Å². The van der Waals surface area contributed by atoms with Crippen LogP contribution in [0.5, 0.6) is 0 Å². The third-order valence-corrected chi connectivity index (χ3v) is 30.6. The maximum Gasteiger partial charge on any atom is 0.252 e. The molecule has 0 radical (unpaired) electrons. The van der Waals surface area contributed by atoms with Gasteiger partial charge in [0.25, 0.3) is 6.71 Å². The van der Waals surface area contributed by atoms with Crippen LogP contribution in [0.2, 0.25) is 0 Å². The van der Waals surface area contributed by atoms with Gasteiger partial charge >= 0.3 is 0 Å². The number of nitrogens with zero attached hydrogens (tertiary/aromatic N) is 2. The quantitative estimate of drug-likeness (QED) is 0.0703. The van der Waals surface area contributed by atoms with Crippen LogP contribution in [0, 0.1) is 0 Å². The molecule has 2 aliphatic heterocycles. The van der Waals surface area contributed by atoms with Crippen molar-refractivity contribution in [2.45, 2.75) is 78.6 Å². The number of hydrogen-bond acceptors (Lipinski definition) is 2. The largest absolute Gasteiger partial charge is 0.310 e. The SMILES string of the molecule is CC(C)(C)c1cc(-c2cccc(-c3ccccc3)c2)c(N2c3ccc(-c4ccccc4)cc3B3c4cc(-c5ccc([Si](c6ccccc6)(c6ccccc6)c6ccccc6)cc5)ccc4N(c4c(-c5cccc(-c6ccccc6)c5)cc(C(C)(C)C)cc4-c4cccc(-c5ccccc5)c4)c4cc(C(C)(C)C)cc2c43)c(-c2cccc(-c3ccccc3)c2)c1. The van der Waals surface area contributed by atoms with Gasteiger partial charge in [-0.2, -0.15) is 0 Å². The van der Waals surface area contributed by atoms with Crippen LogP contribution in [0.25, 0.3) is 111 Å². The molecular weight excluding hydrogens is 1510 g/mol. The second kappa shape index (κ2) is 32.0. The van der Waals surface area contributed by atoms with Crippen LogP contribution in [0.3, 0.4) is 0 Å². The Bertz CT molecular complexity index is 6670. The summed E-state index contributed by atoms with van der Waals surface area (Å²) in [4.78, 5) is 5.51. The lowest BCUT2D eigenvalue weighted by atomic mass is 9.33. The fourth-order valence-corrected chi connectivity index (χ4v) is 24.1. The number of benzene rings is 18. The molecule has 2 nitrogen and oxygen atoms in total. The number of fused-ring (bicyclic) bond motifs is 4. The first-order valence-electron chi connectivity index (χ1n) is 43.8. The van der Waals surface area contributed by atoms with Crippen molar-refractivity contribution in [2.75, 3.05) is 9.80 Å². The standard InChI is InChI=1S/C120H99BN2Si/c1-118(2,3)98-76-105(94-52-34-48-88(70-94)82-38-18-10-19-39-82)116(106(77-98)95-53-35-49-89(71-95)83-40-20-11-21-41-83)122-111-68-64-92(86-46-26-14-27-47-86)74-109(111)121-110-75-93(87-62-66-104(67-63-87)124(101-56-28-15-29-57-101,102-58-30-16-31-59-102)103-60-32-17-33-61-103)65-69-112(110)123(114-81-100(120(7,8)9)80-113(122)115(114)121)117-107(96-54-36-50-90(72-96)84-42-22-12-23-43-84)78-99(119(4,5)6)79-108(117)97-55-37-51-91(73-97)85-44-24-13-25-45-85/h10-81H,1-9H3. The van der Waals surface area contributed by atoms with E-state index in [2.05, 4.69) is 509 Å². The molecule has 0 N–H and O–H groups in total. The first-order valence-corrected chi connectivity index (χ1v) is 45.8. The highest BCUT2D eigenvalue weighted by Gasteiger charge is 2.48. The Balaban J connectivity index is 0.940. The third-order valence-electron chi connectivity index (χ3n) is 25.8. The molecule has 0 spiro atoms. The summed E-state index contributed by atoms with van der Waals surface area (Å²) in [7, 11) is -2.92. The van der Waals surface area contributed by atoms with Gasteiger partial charge in [0.1, 0.15) is 0 Å². The third kappa shape index (κ3) is 14.5. The molecule has 0 aromatic heterocycles. The summed E-state index contributed by atoms with van der Waals surface area (Å²) in [6.07, 6.45) is 0. The van der Waals surface area contributed by atoms with Crippen LogP contribution in [-0.2, 0) is 16.2 Å². The van der Waals surface area contributed by atoms with Gasteiger partial charge in [0.05, 0.1) is 11.4 Å². The van der Waals surface area contributed by atoms with E-state index in [-0.39, 0.29) is 23.0 Å². The number of anilines is 6. The fraction of sp³-hybridized carbons (Fsp3) is 0.100. The maximum absolute atomic E-state index is 2.92. The van der Waals surface area contributed by atoms with Crippen LogP contribution in [-0.4, -0.2) is 14.8 Å². The molecule has 0 fully saturated rings. The minimum absolute atomic E-state index is 0.269. The minimum atomic E-state index is -2.92. The summed E-state index contributed by atoms with van der Waals surface area (Å²) in [5, 5.41) is 5.36. The highest BCUT2D eigenvalue weighted by atomic mass is 28.3. The molecule has 0 bridgehead atoms. The van der Waals surface area contributed by atoms with E-state index in [1.54, 1.807) is 0 Å². The summed E-state index contributed by atoms with van der Waals surface area (Å²) >= 11 is 0. The van der Waals surface area contributed by atoms with Gasteiger partial charge in [-0.25, -0.2) is 0 Å². The van der Waals surface area contributed by atoms with Gasteiger partial charge in [-0.3, -0.25) is 0 Å². The zero-order chi connectivity index (χ0) is 84.4. The van der Waals surface area contributed by atoms with Crippen LogP contribution in [0.15, 0.2) is 437 Å².